The van der Waals surface area contributed by atoms with Gasteiger partial charge in [-0.15, -0.1) is 0 Å². The fourth-order valence-electron chi connectivity index (χ4n) is 0. The maximum absolute atomic E-state index is 8.59. The normalized spacial score (nSPS) is 9.67. The molecule has 0 bridgehead atoms. The molecule has 0 aliphatic rings. The van der Waals surface area contributed by atoms with Crippen molar-refractivity contribution in [1.29, 1.82) is 0 Å². The average Bonchev–Trinajstić information content (AvgIpc) is 1.79. The summed E-state index contributed by atoms with van der Waals surface area (Å²) in [6.45, 7) is 0. The Hall–Kier alpha value is 4.21. The van der Waals surface area contributed by atoms with Crippen LogP contribution in [0.4, 0.5) is 0 Å². The van der Waals surface area contributed by atoms with Crippen molar-refractivity contribution in [1.82, 2.24) is 0 Å². The Kier molecular flexibility index (Phi) is 63.2. The largest absolute Gasteiger partial charge is 2.00 e. The van der Waals surface area contributed by atoms with E-state index in [0.717, 1.165) is 0 Å². The third kappa shape index (κ3) is 1770. The molecule has 0 atom stereocenters. The Morgan fingerprint density at radius 3 is 0.333 bits per heavy atom. The molecule has 0 aliphatic carbocycles. The van der Waals surface area contributed by atoms with E-state index in [1.165, 1.54) is 0 Å². The number of rotatable bonds is 0. The predicted octanol–water partition coefficient (Wildman–Crippen LogP) is -13.5. The van der Waals surface area contributed by atoms with E-state index in [4.69, 9.17) is 79.6 Å². The zero-order valence-electron chi connectivity index (χ0n) is 13.3. The standard InChI is InChI=1S/Ca.Cd.5Cr.Cu.20O.2Zn/q2*+2;;;;;;+2;;;;;;;;;;;10*-1;2*+2. The van der Waals surface area contributed by atoms with Gasteiger partial charge >= 0.3 is 269 Å². The molecule has 0 aromatic rings. The Labute approximate surface area is 263 Å². The summed E-state index contributed by atoms with van der Waals surface area (Å²) in [5, 5.41) is 0. The monoisotopic (exact) mass is 924 g/mol. The van der Waals surface area contributed by atoms with Crippen molar-refractivity contribution >= 4 is 37.7 Å². The second-order valence-corrected chi connectivity index (χ2v) is 8.42. The first-order chi connectivity index (χ1) is 10.0. The Morgan fingerprint density at radius 1 is 0.333 bits per heavy atom. The summed E-state index contributed by atoms with van der Waals surface area (Å²) >= 11 is -28.8. The first kappa shape index (κ1) is 64.4. The summed E-state index contributed by atoms with van der Waals surface area (Å²) in [5.41, 5.74) is 0. The van der Waals surface area contributed by atoms with E-state index in [2.05, 4.69) is 0 Å². The molecule has 20 nitrogen and oxygen atoms in total. The molecule has 30 heteroatoms. The van der Waals surface area contributed by atoms with Gasteiger partial charge < -0.3 is 0 Å². The minimum Gasteiger partial charge on any atom is 2.00 e. The molecule has 0 fully saturated rings. The molecule has 0 rings (SSSR count). The van der Waals surface area contributed by atoms with E-state index in [9.17, 15) is 0 Å². The van der Waals surface area contributed by atoms with Gasteiger partial charge in [-0.2, -0.15) is 0 Å². The maximum atomic E-state index is 8.59. The van der Waals surface area contributed by atoms with Crippen LogP contribution < -0.4 is 41.6 Å². The Balaban J connectivity index is -0.0000000200. The van der Waals surface area contributed by atoms with Crippen molar-refractivity contribution in [2.24, 2.45) is 0 Å². The molecular weight excluding hydrogens is 927 g/mol. The van der Waals surface area contributed by atoms with Crippen LogP contribution in [-0.2, 0) is 189 Å². The average molecular weight is 927 g/mol. The minimum absolute atomic E-state index is 0. The van der Waals surface area contributed by atoms with Crippen molar-refractivity contribution in [2.45, 2.75) is 0 Å². The molecule has 0 unspecified atom stereocenters. The predicted molar refractivity (Wildman–Crippen MR) is 12.6 cm³/mol. The SMILES string of the molecule is [Ca+2].[Cd+2].[Cu+2].[O]=[Cr](=[O])([O-])[O-].[O]=[Cr](=[O])([O-])[O-].[O]=[Cr](=[O])([O-])[O-].[O]=[Cr](=[O])([O-])[O-].[O]=[Cr](=[O])([O-])[O-].[Zn+2].[Zn+2]. The molecule has 0 N–H and O–H groups in total. The molecule has 0 aliphatic heterocycles. The molecule has 0 saturated heterocycles. The summed E-state index contributed by atoms with van der Waals surface area (Å²) in [4.78, 5) is 0. The molecule has 0 aromatic heterocycles. The van der Waals surface area contributed by atoms with Crippen LogP contribution in [0.25, 0.3) is 0 Å². The molecule has 169 valence electrons. The second kappa shape index (κ2) is 29.4. The van der Waals surface area contributed by atoms with E-state index in [0.29, 0.717) is 0 Å². The van der Waals surface area contributed by atoms with Gasteiger partial charge in [-0.3, -0.25) is 0 Å². The fraction of sp³-hybridized carbons (Fsp3) is 0. The third-order valence-electron chi connectivity index (χ3n) is 0. The van der Waals surface area contributed by atoms with Gasteiger partial charge in [-0.25, -0.2) is 0 Å². The molecule has 1 radical (unpaired) electrons. The molecule has 0 saturated carbocycles. The zero-order chi connectivity index (χ0) is 22.5. The first-order valence-corrected chi connectivity index (χ1v) is 13.7. The Bertz CT molecular complexity index is 637. The van der Waals surface area contributed by atoms with Gasteiger partial charge in [-0.05, 0) is 0 Å². The van der Waals surface area contributed by atoms with E-state index >= 15 is 0 Å². The summed E-state index contributed by atoms with van der Waals surface area (Å²) in [6, 6.07) is 0. The van der Waals surface area contributed by atoms with E-state index in [1.807, 2.05) is 0 Å². The summed E-state index contributed by atoms with van der Waals surface area (Å²) in [5.74, 6) is 0. The van der Waals surface area contributed by atoms with Crippen LogP contribution in [0.5, 0.6) is 0 Å². The molecule has 30 heavy (non-hydrogen) atoms. The van der Waals surface area contributed by atoms with Gasteiger partial charge in [0.25, 0.3) is 0 Å². The van der Waals surface area contributed by atoms with Crippen LogP contribution in [0.3, 0.4) is 0 Å². The maximum Gasteiger partial charge on any atom is 2.00 e. The van der Waals surface area contributed by atoms with Gasteiger partial charge in [0.2, 0.25) is 0 Å². The van der Waals surface area contributed by atoms with Crippen LogP contribution in [0.15, 0.2) is 0 Å². The molecule has 0 amide bonds. The van der Waals surface area contributed by atoms with Gasteiger partial charge in [-0.1, -0.05) is 0 Å². The van der Waals surface area contributed by atoms with Crippen LogP contribution in [0.2, 0.25) is 0 Å². The third-order valence-corrected chi connectivity index (χ3v) is 0. The summed E-state index contributed by atoms with van der Waals surface area (Å²) < 4.78 is 172. The second-order valence-electron chi connectivity index (χ2n) is 2.04. The van der Waals surface area contributed by atoms with Gasteiger partial charge in [0.15, 0.2) is 0 Å². The number of hydrogen-bond acceptors (Lipinski definition) is 20. The molecule has 0 spiro atoms. The van der Waals surface area contributed by atoms with Crippen LogP contribution in [-0.4, -0.2) is 37.7 Å². The summed E-state index contributed by atoms with van der Waals surface area (Å²) in [7, 11) is 0. The quantitative estimate of drug-likeness (QED) is 0.204. The topological polar surface area (TPSA) is 401 Å². The van der Waals surface area contributed by atoms with Crippen molar-refractivity contribution in [3.63, 3.8) is 0 Å². The van der Waals surface area contributed by atoms with Crippen LogP contribution in [0, 0.1) is 0 Å². The van der Waals surface area contributed by atoms with E-state index < -0.39 is 68.1 Å². The fourth-order valence-corrected chi connectivity index (χ4v) is 0. The van der Waals surface area contributed by atoms with Crippen molar-refractivity contribution in [3.05, 3.63) is 0 Å². The van der Waals surface area contributed by atoms with E-state index in [1.54, 1.807) is 0 Å². The van der Waals surface area contributed by atoms with Gasteiger partial charge in [0.1, 0.15) is 0 Å². The van der Waals surface area contributed by atoms with Crippen LogP contribution >= 0.6 is 0 Å². The molecular formula is CaCdCr5CuO20Zn2. The smallest absolute Gasteiger partial charge is 2.00 e. The number of hydrogen-bond donors (Lipinski definition) is 0. The van der Waals surface area contributed by atoms with Crippen LogP contribution in [0.1, 0.15) is 0 Å². The molecule has 0 aromatic carbocycles. The van der Waals surface area contributed by atoms with Crippen molar-refractivity contribution < 1.29 is 231 Å². The van der Waals surface area contributed by atoms with Gasteiger partial charge in [0.05, 0.1) is 0 Å². The van der Waals surface area contributed by atoms with Crippen molar-refractivity contribution in [3.8, 4) is 0 Å². The van der Waals surface area contributed by atoms with E-state index in [-0.39, 0.29) is 121 Å². The van der Waals surface area contributed by atoms with Crippen molar-refractivity contribution in [2.75, 3.05) is 0 Å². The zero-order valence-corrected chi connectivity index (χ0v) is 32.8. The first-order valence-electron chi connectivity index (χ1n) is 3.33. The molecule has 0 heterocycles. The minimum atomic E-state index is -5.75. The van der Waals surface area contributed by atoms with Gasteiger partial charge in [0, 0.05) is 0 Å². The Morgan fingerprint density at radius 2 is 0.333 bits per heavy atom. The summed E-state index contributed by atoms with van der Waals surface area (Å²) in [6.07, 6.45) is 0.